The highest BCUT2D eigenvalue weighted by atomic mass is 16.3. The van der Waals surface area contributed by atoms with Gasteiger partial charge in [-0.3, -0.25) is 0 Å². The summed E-state index contributed by atoms with van der Waals surface area (Å²) in [6.07, 6.45) is 0. The van der Waals surface area contributed by atoms with E-state index < -0.39 is 0 Å². The third kappa shape index (κ3) is 1.59. The molecular formula is C20H14N2O. The maximum absolute atomic E-state index is 6.18. The van der Waals surface area contributed by atoms with E-state index in [2.05, 4.69) is 52.4 Å². The summed E-state index contributed by atoms with van der Waals surface area (Å²) in [5.41, 5.74) is 2.54. The van der Waals surface area contributed by atoms with E-state index in [0.717, 1.165) is 33.3 Å². The monoisotopic (exact) mass is 298 g/mol. The summed E-state index contributed by atoms with van der Waals surface area (Å²) >= 11 is 0. The molecule has 23 heavy (non-hydrogen) atoms. The van der Waals surface area contributed by atoms with Crippen molar-refractivity contribution in [3.8, 4) is 0 Å². The molecule has 0 bridgehead atoms. The Kier molecular flexibility index (Phi) is 2.35. The molecule has 0 unspecified atom stereocenters. The van der Waals surface area contributed by atoms with Crippen molar-refractivity contribution in [2.45, 2.75) is 13.8 Å². The van der Waals surface area contributed by atoms with Gasteiger partial charge in [-0.25, -0.2) is 4.98 Å². The van der Waals surface area contributed by atoms with Crippen LogP contribution in [0.25, 0.3) is 43.6 Å². The van der Waals surface area contributed by atoms with Gasteiger partial charge in [-0.15, -0.1) is 0 Å². The number of aromatic nitrogens is 2. The molecule has 0 atom stereocenters. The summed E-state index contributed by atoms with van der Waals surface area (Å²) in [5.74, 6) is 0.739. The molecule has 5 rings (SSSR count). The van der Waals surface area contributed by atoms with Gasteiger partial charge in [-0.05, 0) is 30.0 Å². The molecule has 3 aromatic carbocycles. The van der Waals surface area contributed by atoms with Gasteiger partial charge in [0.15, 0.2) is 0 Å². The van der Waals surface area contributed by atoms with Crippen LogP contribution in [0.1, 0.15) is 11.5 Å². The van der Waals surface area contributed by atoms with Gasteiger partial charge in [0.1, 0.15) is 11.4 Å². The first-order chi connectivity index (χ1) is 11.2. The van der Waals surface area contributed by atoms with Crippen LogP contribution >= 0.6 is 0 Å². The average Bonchev–Trinajstić information content (AvgIpc) is 2.95. The fourth-order valence-corrected chi connectivity index (χ4v) is 3.60. The lowest BCUT2D eigenvalue weighted by Crippen LogP contribution is -1.90. The lowest BCUT2D eigenvalue weighted by atomic mass is 9.97. The smallest absolute Gasteiger partial charge is 0.230 e. The Morgan fingerprint density at radius 1 is 0.696 bits per heavy atom. The number of rotatable bonds is 0. The van der Waals surface area contributed by atoms with Gasteiger partial charge in [0.05, 0.1) is 11.1 Å². The molecule has 5 aromatic rings. The molecule has 0 amide bonds. The van der Waals surface area contributed by atoms with Crippen LogP contribution in [-0.2, 0) is 0 Å². The zero-order valence-electron chi connectivity index (χ0n) is 12.9. The molecule has 0 saturated heterocycles. The van der Waals surface area contributed by atoms with Crippen LogP contribution in [0.15, 0.2) is 52.9 Å². The fourth-order valence-electron chi connectivity index (χ4n) is 3.60. The minimum Gasteiger partial charge on any atom is -0.437 e. The zero-order chi connectivity index (χ0) is 15.6. The summed E-state index contributed by atoms with van der Waals surface area (Å²) in [4.78, 5) is 9.05. The van der Waals surface area contributed by atoms with E-state index in [1.54, 1.807) is 0 Å². The van der Waals surface area contributed by atoms with Crippen LogP contribution < -0.4 is 0 Å². The normalized spacial score (nSPS) is 11.9. The molecule has 0 saturated carbocycles. The van der Waals surface area contributed by atoms with Gasteiger partial charge < -0.3 is 4.42 Å². The van der Waals surface area contributed by atoms with E-state index in [4.69, 9.17) is 4.42 Å². The van der Waals surface area contributed by atoms with Crippen LogP contribution in [0.5, 0.6) is 0 Å². The first kappa shape index (κ1) is 12.6. The van der Waals surface area contributed by atoms with Crippen molar-refractivity contribution in [3.05, 3.63) is 60.0 Å². The first-order valence-corrected chi connectivity index (χ1v) is 7.71. The Morgan fingerprint density at radius 2 is 1.30 bits per heavy atom. The second-order valence-electron chi connectivity index (χ2n) is 5.93. The number of hydrogen-bond donors (Lipinski definition) is 0. The molecule has 0 fully saturated rings. The minimum absolute atomic E-state index is 0.673. The third-order valence-corrected chi connectivity index (χ3v) is 4.50. The van der Waals surface area contributed by atoms with E-state index in [0.29, 0.717) is 5.71 Å². The molecule has 0 N–H and O–H groups in total. The highest BCUT2D eigenvalue weighted by Crippen LogP contribution is 2.40. The van der Waals surface area contributed by atoms with Crippen molar-refractivity contribution in [2.24, 2.45) is 0 Å². The minimum atomic E-state index is 0.673. The molecule has 0 aliphatic heterocycles. The number of aryl methyl sites for hydroxylation is 2. The van der Waals surface area contributed by atoms with Gasteiger partial charge >= 0.3 is 0 Å². The SMILES string of the molecule is Cc1nc(C)c2c(n1)oc1c3ccccc3c3ccccc3c12. The Morgan fingerprint density at radius 3 is 2.04 bits per heavy atom. The molecule has 0 radical (unpaired) electrons. The Bertz CT molecular complexity index is 1230. The number of nitrogens with zero attached hydrogens (tertiary/aromatic N) is 2. The molecule has 3 heteroatoms. The maximum atomic E-state index is 6.18. The summed E-state index contributed by atoms with van der Waals surface area (Å²) < 4.78 is 6.18. The Hall–Kier alpha value is -2.94. The zero-order valence-corrected chi connectivity index (χ0v) is 12.9. The highest BCUT2D eigenvalue weighted by Gasteiger charge is 2.18. The lowest BCUT2D eigenvalue weighted by molar-refractivity contribution is 0.653. The van der Waals surface area contributed by atoms with Gasteiger partial charge in [0.2, 0.25) is 5.71 Å². The molecule has 2 heterocycles. The third-order valence-electron chi connectivity index (χ3n) is 4.50. The molecule has 0 aliphatic rings. The van der Waals surface area contributed by atoms with E-state index in [9.17, 15) is 0 Å². The second-order valence-corrected chi connectivity index (χ2v) is 5.93. The van der Waals surface area contributed by atoms with Crippen LogP contribution in [0.2, 0.25) is 0 Å². The largest absolute Gasteiger partial charge is 0.437 e. The molecule has 0 aliphatic carbocycles. The van der Waals surface area contributed by atoms with Crippen molar-refractivity contribution in [1.29, 1.82) is 0 Å². The van der Waals surface area contributed by atoms with Crippen molar-refractivity contribution in [2.75, 3.05) is 0 Å². The fraction of sp³-hybridized carbons (Fsp3) is 0.100. The van der Waals surface area contributed by atoms with Crippen molar-refractivity contribution in [3.63, 3.8) is 0 Å². The summed E-state index contributed by atoms with van der Waals surface area (Å²) in [6.45, 7) is 3.92. The average molecular weight is 298 g/mol. The Balaban J connectivity index is 2.22. The molecule has 2 aromatic heterocycles. The van der Waals surface area contributed by atoms with Crippen LogP contribution in [0.3, 0.4) is 0 Å². The van der Waals surface area contributed by atoms with Crippen molar-refractivity contribution < 1.29 is 4.42 Å². The van der Waals surface area contributed by atoms with Gasteiger partial charge in [-0.2, -0.15) is 4.98 Å². The topological polar surface area (TPSA) is 38.9 Å². The lowest BCUT2D eigenvalue weighted by Gasteiger charge is -2.06. The van der Waals surface area contributed by atoms with Crippen molar-refractivity contribution in [1.82, 2.24) is 9.97 Å². The number of fused-ring (bicyclic) bond motifs is 8. The number of hydrogen-bond acceptors (Lipinski definition) is 3. The van der Waals surface area contributed by atoms with Crippen LogP contribution in [-0.4, -0.2) is 9.97 Å². The summed E-state index contributed by atoms with van der Waals surface area (Å²) in [5, 5.41) is 6.89. The predicted molar refractivity (Wildman–Crippen MR) is 93.8 cm³/mol. The van der Waals surface area contributed by atoms with E-state index in [1.165, 1.54) is 16.2 Å². The van der Waals surface area contributed by atoms with Crippen LogP contribution in [0.4, 0.5) is 0 Å². The van der Waals surface area contributed by atoms with E-state index >= 15 is 0 Å². The summed E-state index contributed by atoms with van der Waals surface area (Å²) in [7, 11) is 0. The molecule has 110 valence electrons. The number of benzene rings is 3. The summed E-state index contributed by atoms with van der Waals surface area (Å²) in [6, 6.07) is 16.8. The van der Waals surface area contributed by atoms with Gasteiger partial charge in [0.25, 0.3) is 0 Å². The molecule has 3 nitrogen and oxygen atoms in total. The van der Waals surface area contributed by atoms with E-state index in [-0.39, 0.29) is 0 Å². The first-order valence-electron chi connectivity index (χ1n) is 7.71. The number of furan rings is 1. The second kappa shape index (κ2) is 4.29. The standard InChI is InChI=1S/C20H14N2O/c1-11-17-18-15-9-5-3-7-13(15)14-8-4-6-10-16(14)19(18)23-20(17)22-12(2)21-11/h3-10H,1-2H3. The predicted octanol–water partition coefficient (Wildman–Crippen LogP) is 5.30. The molecular weight excluding hydrogens is 284 g/mol. The Labute approximate surface area is 132 Å². The van der Waals surface area contributed by atoms with Crippen LogP contribution in [0, 0.1) is 13.8 Å². The maximum Gasteiger partial charge on any atom is 0.230 e. The highest BCUT2D eigenvalue weighted by molar-refractivity contribution is 6.30. The quantitative estimate of drug-likeness (QED) is 0.364. The van der Waals surface area contributed by atoms with Crippen molar-refractivity contribution >= 4 is 43.6 Å². The van der Waals surface area contributed by atoms with Gasteiger partial charge in [0, 0.05) is 10.8 Å². The molecule has 0 spiro atoms. The van der Waals surface area contributed by atoms with E-state index in [1.807, 2.05) is 19.9 Å². The van der Waals surface area contributed by atoms with Gasteiger partial charge in [-0.1, -0.05) is 48.5 Å².